The number of nitrogens with zero attached hydrogens (tertiary/aromatic N) is 3. The van der Waals surface area contributed by atoms with Crippen molar-refractivity contribution in [2.45, 2.75) is 78.9 Å². The first kappa shape index (κ1) is 48.2. The maximum Gasteiger partial charge on any atom is 0.294 e. The van der Waals surface area contributed by atoms with Gasteiger partial charge in [0.1, 0.15) is 6.54 Å². The number of nitrogens with one attached hydrogen (secondary N) is 1. The zero-order chi connectivity index (χ0) is 47.9. The van der Waals surface area contributed by atoms with E-state index in [2.05, 4.69) is 9.37 Å². The van der Waals surface area contributed by atoms with Gasteiger partial charge in [-0.25, -0.2) is 18.4 Å². The van der Waals surface area contributed by atoms with E-state index < -0.39 is 64.6 Å². The van der Waals surface area contributed by atoms with Gasteiger partial charge >= 0.3 is 0 Å². The van der Waals surface area contributed by atoms with Gasteiger partial charge in [-0.3, -0.25) is 28.6 Å². The first-order chi connectivity index (χ1) is 31.1. The molecule has 0 radical (unpaired) electrons. The third-order valence-electron chi connectivity index (χ3n) is 12.1. The van der Waals surface area contributed by atoms with Crippen LogP contribution >= 0.6 is 12.0 Å². The number of allylic oxidation sites excluding steroid dienone is 5. The summed E-state index contributed by atoms with van der Waals surface area (Å²) in [4.78, 5) is 53.9. The Morgan fingerprint density at radius 1 is 0.879 bits per heavy atom. The van der Waals surface area contributed by atoms with Crippen LogP contribution < -0.4 is 14.7 Å². The number of hydrogen-bond acceptors (Lipinski definition) is 15. The number of hydrogen-bond donors (Lipinski definition) is 4. The second kappa shape index (κ2) is 18.5. The van der Waals surface area contributed by atoms with Crippen molar-refractivity contribution in [3.63, 3.8) is 0 Å². The van der Waals surface area contributed by atoms with E-state index in [0.29, 0.717) is 71.5 Å². The number of sulfonamides is 1. The predicted molar refractivity (Wildman–Crippen MR) is 237 cm³/mol. The number of carbonyl (C=O) groups excluding carboxylic acids is 4. The Balaban J connectivity index is 1.20. The molecule has 0 aromatic heterocycles. The molecule has 1 aliphatic carbocycles. The molecule has 0 atom stereocenters. The molecule has 0 bridgehead atoms. The molecule has 0 fully saturated rings. The van der Waals surface area contributed by atoms with E-state index in [1.165, 1.54) is 23.1 Å². The summed E-state index contributed by atoms with van der Waals surface area (Å²) in [5.74, 6) is -2.76. The van der Waals surface area contributed by atoms with Crippen LogP contribution in [-0.4, -0.2) is 96.7 Å². The molecule has 3 heterocycles. The van der Waals surface area contributed by atoms with E-state index in [-0.39, 0.29) is 42.7 Å². The summed E-state index contributed by atoms with van der Waals surface area (Å²) < 4.78 is 67.6. The molecular weight excluding hydrogens is 917 g/mol. The van der Waals surface area contributed by atoms with Gasteiger partial charge in [-0.05, 0) is 86.4 Å². The summed E-state index contributed by atoms with van der Waals surface area (Å²) in [6.07, 6.45) is 6.58. The van der Waals surface area contributed by atoms with Crippen molar-refractivity contribution in [3.05, 3.63) is 124 Å². The minimum atomic E-state index is -4.75. The summed E-state index contributed by atoms with van der Waals surface area (Å²) in [5.41, 5.74) is 3.19. The maximum atomic E-state index is 14.2. The Bertz CT molecular complexity index is 2930. The van der Waals surface area contributed by atoms with Crippen LogP contribution in [0.15, 0.2) is 122 Å². The van der Waals surface area contributed by atoms with Gasteiger partial charge in [0.25, 0.3) is 32.0 Å². The lowest BCUT2D eigenvalue weighted by molar-refractivity contribution is -0.438. The number of fused-ring (bicyclic) bond motifs is 2. The maximum absolute atomic E-state index is 14.2. The zero-order valence-electron chi connectivity index (χ0n) is 36.1. The molecule has 4 N–H and O–H groups in total. The topological polar surface area (TPSA) is 260 Å². The molecule has 3 aromatic rings. The first-order valence-electron chi connectivity index (χ1n) is 20.6. The monoisotopic (exact) mass is 962 g/mol. The van der Waals surface area contributed by atoms with Crippen LogP contribution in [-0.2, 0) is 65.9 Å². The molecule has 0 unspecified atom stereocenters. The van der Waals surface area contributed by atoms with Crippen LogP contribution in [0, 0.1) is 0 Å². The first-order valence-corrected chi connectivity index (χ1v) is 24.3. The third-order valence-corrected chi connectivity index (χ3v) is 14.9. The molecule has 0 saturated heterocycles. The molecule has 3 amide bonds. The largest absolute Gasteiger partial charge is 0.871 e. The van der Waals surface area contributed by atoms with Crippen molar-refractivity contribution >= 4 is 72.8 Å². The van der Waals surface area contributed by atoms with Crippen LogP contribution in [0.5, 0.6) is 0 Å². The zero-order valence-corrected chi connectivity index (χ0v) is 38.6. The summed E-state index contributed by atoms with van der Waals surface area (Å²) in [6.45, 7) is 8.08. The SMILES string of the molecule is CC1(C)C(=CC2=C([O-])C(=CC3=[N+](CCCCN4C(=O)C=CC4=O)c4ccc(CCO)cc4C3(C)C)C2=O)N(CCC(=O)NS(=O)(=O)c2cccc(S(=O)(=O)O)c2)c2ccc(SOOO)cc21. The fourth-order valence-corrected chi connectivity index (χ4v) is 10.7. The molecule has 18 nitrogen and oxygen atoms in total. The summed E-state index contributed by atoms with van der Waals surface area (Å²) >= 11 is 0.706. The van der Waals surface area contributed by atoms with Crippen LogP contribution in [0.3, 0.4) is 0 Å². The highest BCUT2D eigenvalue weighted by Crippen LogP contribution is 2.50. The summed E-state index contributed by atoms with van der Waals surface area (Å²) in [5, 5.41) is 36.4. The molecule has 3 aliphatic heterocycles. The minimum Gasteiger partial charge on any atom is -0.871 e. The number of imide groups is 1. The van der Waals surface area contributed by atoms with Crippen molar-refractivity contribution in [1.29, 1.82) is 0 Å². The number of unbranched alkanes of at least 4 members (excludes halogenated alkanes) is 1. The van der Waals surface area contributed by atoms with Gasteiger partial charge in [-0.2, -0.15) is 13.0 Å². The molecule has 21 heteroatoms. The molecule has 7 rings (SSSR count). The Hall–Kier alpha value is -5.78. The van der Waals surface area contributed by atoms with E-state index in [0.717, 1.165) is 35.0 Å². The smallest absolute Gasteiger partial charge is 0.294 e. The lowest BCUT2D eigenvalue weighted by atomic mass is 9.77. The van der Waals surface area contributed by atoms with Gasteiger partial charge < -0.3 is 15.1 Å². The Kier molecular flexibility index (Phi) is 13.5. The van der Waals surface area contributed by atoms with Gasteiger partial charge in [-0.15, -0.1) is 4.33 Å². The lowest BCUT2D eigenvalue weighted by Gasteiger charge is -2.33. The van der Waals surface area contributed by atoms with E-state index in [9.17, 15) is 50.8 Å². The highest BCUT2D eigenvalue weighted by molar-refractivity contribution is 7.94. The number of anilines is 1. The van der Waals surface area contributed by atoms with Crippen molar-refractivity contribution in [2.75, 3.05) is 31.1 Å². The molecule has 3 aromatic carbocycles. The van der Waals surface area contributed by atoms with Crippen LogP contribution in [0.2, 0.25) is 0 Å². The average Bonchev–Trinajstić information content (AvgIpc) is 3.78. The van der Waals surface area contributed by atoms with Gasteiger partial charge in [0.2, 0.25) is 11.6 Å². The minimum absolute atomic E-state index is 0.0535. The second-order valence-corrected chi connectivity index (χ2v) is 20.8. The lowest BCUT2D eigenvalue weighted by Crippen LogP contribution is -2.36. The van der Waals surface area contributed by atoms with Crippen LogP contribution in [0.4, 0.5) is 11.4 Å². The number of amides is 3. The number of benzene rings is 3. The van der Waals surface area contributed by atoms with Gasteiger partial charge in [-0.1, -0.05) is 36.8 Å². The van der Waals surface area contributed by atoms with E-state index in [1.54, 1.807) is 29.2 Å². The molecule has 66 heavy (non-hydrogen) atoms. The number of aliphatic hydroxyl groups excluding tert-OH is 1. The highest BCUT2D eigenvalue weighted by atomic mass is 32.2. The average molecular weight is 963 g/mol. The fourth-order valence-electron chi connectivity index (χ4n) is 8.61. The number of carbonyl (C=O) groups is 4. The highest BCUT2D eigenvalue weighted by Gasteiger charge is 2.46. The quantitative estimate of drug-likeness (QED) is 0.0207. The summed E-state index contributed by atoms with van der Waals surface area (Å²) in [6, 6.07) is 14.8. The molecule has 4 aliphatic rings. The normalized spacial score (nSPS) is 18.8. The Morgan fingerprint density at radius 3 is 2.26 bits per heavy atom. The molecule has 0 saturated carbocycles. The Morgan fingerprint density at radius 2 is 1.59 bits per heavy atom. The van der Waals surface area contributed by atoms with Crippen LogP contribution in [0.1, 0.15) is 63.6 Å². The number of aliphatic hydroxyl groups is 1. The fraction of sp³-hybridized carbons (Fsp3) is 0.311. The predicted octanol–water partition coefficient (Wildman–Crippen LogP) is 3.68. The third kappa shape index (κ3) is 9.29. The van der Waals surface area contributed by atoms with E-state index in [1.807, 2.05) is 55.2 Å². The Labute approximate surface area is 385 Å². The van der Waals surface area contributed by atoms with Gasteiger partial charge in [0, 0.05) is 95.2 Å². The molecule has 348 valence electrons. The van der Waals surface area contributed by atoms with Crippen molar-refractivity contribution in [3.8, 4) is 0 Å². The van der Waals surface area contributed by atoms with E-state index >= 15 is 0 Å². The summed E-state index contributed by atoms with van der Waals surface area (Å²) in [7, 11) is -9.34. The van der Waals surface area contributed by atoms with Crippen molar-refractivity contribution in [2.24, 2.45) is 0 Å². The van der Waals surface area contributed by atoms with E-state index in [4.69, 9.17) is 5.26 Å². The van der Waals surface area contributed by atoms with Crippen LogP contribution in [0.25, 0.3) is 0 Å². The standard InChI is InChI=1S/C45H46N4O14S3/c1-44(2)33-22-27(17-21-50)10-12-35(33)47(18-5-6-19-49-40(52)14-15-41(49)53)37(44)25-31-42(54)32(43(31)55)26-38-45(3,4)34-23-28(64-63-62-56)11-13-36(34)48(38)20-16-39(51)46-65(57,58)29-8-7-9-30(24-29)66(59,60)61/h7-15,22-26,50H,5-6,16-21H2,1-4H3,(H3-,46,51,54,55,56,59,60,61). The van der Waals surface area contributed by atoms with Gasteiger partial charge in [0.05, 0.1) is 27.2 Å². The van der Waals surface area contributed by atoms with Crippen molar-refractivity contribution in [1.82, 2.24) is 9.62 Å². The number of ketones is 1. The van der Waals surface area contributed by atoms with Crippen molar-refractivity contribution < 1.29 is 70.0 Å². The molecular formula is C45H46N4O14S3. The van der Waals surface area contributed by atoms with Gasteiger partial charge in [0.15, 0.2) is 11.5 Å². The number of rotatable bonds is 18. The second-order valence-electron chi connectivity index (χ2n) is 16.9. The number of Topliss-reactive ketones (excluding diaryl/α,β-unsaturated/α-hetero) is 1. The molecule has 0 spiro atoms.